The first-order valence-corrected chi connectivity index (χ1v) is 9.22. The monoisotopic (exact) mass is 377 g/mol. The zero-order valence-electron chi connectivity index (χ0n) is 15.8. The average Bonchev–Trinajstić information content (AvgIpc) is 2.67. The Morgan fingerprint density at radius 1 is 1.30 bits per heavy atom. The molecule has 1 aromatic carbocycles. The molecule has 0 bridgehead atoms. The van der Waals surface area contributed by atoms with Crippen LogP contribution < -0.4 is 0 Å². The molecule has 2 unspecified atom stereocenters. The van der Waals surface area contributed by atoms with Crippen molar-refractivity contribution in [3.05, 3.63) is 46.3 Å². The fourth-order valence-corrected chi connectivity index (χ4v) is 2.89. The molecule has 0 saturated carbocycles. The van der Waals surface area contributed by atoms with Gasteiger partial charge < -0.3 is 18.9 Å². The highest BCUT2D eigenvalue weighted by atomic mass is 16.6. The average molecular weight is 377 g/mol. The molecule has 0 aliphatic carbocycles. The van der Waals surface area contributed by atoms with Gasteiger partial charge in [-0.3, -0.25) is 4.79 Å². The molecular weight excluding hydrogens is 350 g/mol. The summed E-state index contributed by atoms with van der Waals surface area (Å²) in [4.78, 5) is 14.1. The van der Waals surface area contributed by atoms with Crippen molar-refractivity contribution >= 4 is 5.97 Å². The summed E-state index contributed by atoms with van der Waals surface area (Å²) in [7, 11) is 0. The van der Waals surface area contributed by atoms with Gasteiger partial charge in [-0.2, -0.15) is 0 Å². The highest BCUT2D eigenvalue weighted by molar-refractivity contribution is 5.65. The van der Waals surface area contributed by atoms with Crippen LogP contribution in [0.3, 0.4) is 0 Å². The minimum absolute atomic E-state index is 0.0609. The number of carbonyl (C=O) groups is 1. The fourth-order valence-electron chi connectivity index (χ4n) is 2.89. The first kappa shape index (κ1) is 21.2. The third-order valence-electron chi connectivity index (χ3n) is 4.29. The van der Waals surface area contributed by atoms with E-state index in [0.29, 0.717) is 13.2 Å². The lowest BCUT2D eigenvalue weighted by Crippen LogP contribution is -2.56. The second kappa shape index (κ2) is 11.6. The van der Waals surface area contributed by atoms with Crippen molar-refractivity contribution in [2.24, 2.45) is 5.11 Å². The first-order chi connectivity index (χ1) is 13.2. The van der Waals surface area contributed by atoms with Crippen LogP contribution in [0, 0.1) is 0 Å². The number of ether oxygens (including phenoxy) is 4. The van der Waals surface area contributed by atoms with E-state index in [0.717, 1.165) is 18.4 Å². The molecule has 8 nitrogen and oxygen atoms in total. The van der Waals surface area contributed by atoms with Gasteiger partial charge in [0.05, 0.1) is 25.4 Å². The van der Waals surface area contributed by atoms with Crippen molar-refractivity contribution in [2.75, 3.05) is 19.8 Å². The third-order valence-corrected chi connectivity index (χ3v) is 4.29. The molecule has 1 aliphatic rings. The van der Waals surface area contributed by atoms with Gasteiger partial charge in [0.1, 0.15) is 18.8 Å². The fraction of sp³-hybridized carbons (Fsp3) is 0.632. The summed E-state index contributed by atoms with van der Waals surface area (Å²) >= 11 is 0. The van der Waals surface area contributed by atoms with Crippen molar-refractivity contribution in [2.45, 2.75) is 57.6 Å². The molecule has 2 rings (SSSR count). The van der Waals surface area contributed by atoms with Crippen molar-refractivity contribution in [3.63, 3.8) is 0 Å². The summed E-state index contributed by atoms with van der Waals surface area (Å²) in [6.07, 6.45) is 0.396. The predicted octanol–water partition coefficient (Wildman–Crippen LogP) is 3.40. The van der Waals surface area contributed by atoms with Crippen LogP contribution in [0.1, 0.15) is 32.3 Å². The minimum atomic E-state index is -0.523. The lowest BCUT2D eigenvalue weighted by atomic mass is 9.98. The number of hydrogen-bond donors (Lipinski definition) is 0. The molecule has 0 spiro atoms. The van der Waals surface area contributed by atoms with Gasteiger partial charge in [-0.1, -0.05) is 48.8 Å². The van der Waals surface area contributed by atoms with Crippen molar-refractivity contribution < 1.29 is 23.7 Å². The molecule has 1 fully saturated rings. The molecule has 0 aromatic heterocycles. The van der Waals surface area contributed by atoms with E-state index in [1.165, 1.54) is 6.92 Å². The van der Waals surface area contributed by atoms with Crippen LogP contribution in [-0.2, 0) is 30.3 Å². The molecule has 27 heavy (non-hydrogen) atoms. The van der Waals surface area contributed by atoms with Gasteiger partial charge in [-0.05, 0) is 17.5 Å². The summed E-state index contributed by atoms with van der Waals surface area (Å²) in [5.74, 6) is -0.388. The molecule has 1 aromatic rings. The summed E-state index contributed by atoms with van der Waals surface area (Å²) in [5.41, 5.74) is 9.88. The van der Waals surface area contributed by atoms with Crippen LogP contribution >= 0.6 is 0 Å². The van der Waals surface area contributed by atoms with E-state index in [9.17, 15) is 4.79 Å². The maximum Gasteiger partial charge on any atom is 0.302 e. The number of benzene rings is 1. The highest BCUT2D eigenvalue weighted by Gasteiger charge is 2.42. The van der Waals surface area contributed by atoms with E-state index in [1.54, 1.807) is 0 Å². The zero-order valence-corrected chi connectivity index (χ0v) is 15.8. The molecule has 1 saturated heterocycles. The van der Waals surface area contributed by atoms with Gasteiger partial charge in [0, 0.05) is 18.4 Å². The number of carbonyl (C=O) groups excluding carboxylic acids is 1. The summed E-state index contributed by atoms with van der Waals surface area (Å²) in [6.45, 7) is 4.56. The maximum absolute atomic E-state index is 11.2. The van der Waals surface area contributed by atoms with Gasteiger partial charge in [-0.15, -0.1) is 0 Å². The minimum Gasteiger partial charge on any atom is -0.463 e. The van der Waals surface area contributed by atoms with E-state index < -0.39 is 24.4 Å². The summed E-state index contributed by atoms with van der Waals surface area (Å²) in [6, 6.07) is 9.23. The SMILES string of the molecule is CCCCO[C@@H]1C(N=[N+]=[N-])COC(COC(C)=O)[C@H]1OCc1ccccc1. The van der Waals surface area contributed by atoms with Gasteiger partial charge >= 0.3 is 5.97 Å². The van der Waals surface area contributed by atoms with E-state index in [4.69, 9.17) is 24.5 Å². The van der Waals surface area contributed by atoms with Crippen molar-refractivity contribution in [3.8, 4) is 0 Å². The molecule has 4 atom stereocenters. The first-order valence-electron chi connectivity index (χ1n) is 9.22. The number of esters is 1. The predicted molar refractivity (Wildman–Crippen MR) is 99.0 cm³/mol. The largest absolute Gasteiger partial charge is 0.463 e. The topological polar surface area (TPSA) is 103 Å². The van der Waals surface area contributed by atoms with Gasteiger partial charge in [0.15, 0.2) is 0 Å². The number of azide groups is 1. The Bertz CT molecular complexity index is 621. The van der Waals surface area contributed by atoms with Gasteiger partial charge in [0.2, 0.25) is 0 Å². The Morgan fingerprint density at radius 2 is 2.07 bits per heavy atom. The summed E-state index contributed by atoms with van der Waals surface area (Å²) < 4.78 is 23.0. The molecule has 148 valence electrons. The van der Waals surface area contributed by atoms with Crippen LogP contribution in [0.5, 0.6) is 0 Å². The van der Waals surface area contributed by atoms with E-state index >= 15 is 0 Å². The Labute approximate surface area is 159 Å². The normalized spacial score (nSPS) is 24.8. The Hall–Kier alpha value is -2.12. The summed E-state index contributed by atoms with van der Waals surface area (Å²) in [5, 5.41) is 3.82. The van der Waals surface area contributed by atoms with Crippen LogP contribution in [0.15, 0.2) is 35.4 Å². The zero-order chi connectivity index (χ0) is 19.5. The van der Waals surface area contributed by atoms with E-state index in [1.807, 2.05) is 30.3 Å². The van der Waals surface area contributed by atoms with Gasteiger partial charge in [0.25, 0.3) is 0 Å². The van der Waals surface area contributed by atoms with E-state index in [-0.39, 0.29) is 19.2 Å². The van der Waals surface area contributed by atoms with Crippen LogP contribution in [0.4, 0.5) is 0 Å². The van der Waals surface area contributed by atoms with Crippen molar-refractivity contribution in [1.29, 1.82) is 0 Å². The maximum atomic E-state index is 11.2. The van der Waals surface area contributed by atoms with Crippen molar-refractivity contribution in [1.82, 2.24) is 0 Å². The van der Waals surface area contributed by atoms with E-state index in [2.05, 4.69) is 16.9 Å². The lowest BCUT2D eigenvalue weighted by Gasteiger charge is -2.40. The number of nitrogens with zero attached hydrogens (tertiary/aromatic N) is 3. The molecular formula is C19H27N3O5. The quantitative estimate of drug-likeness (QED) is 0.204. The van der Waals surface area contributed by atoms with Crippen LogP contribution in [-0.4, -0.2) is 50.1 Å². The standard InChI is InChI=1S/C19H27N3O5/c1-3-4-10-24-18-16(21-22-20)12-26-17(13-25-14(2)23)19(18)27-11-15-8-6-5-7-9-15/h5-9,16-19H,3-4,10-13H2,1-2H3/t16?,17?,18-,19-/m1/s1. The number of rotatable bonds is 10. The number of hydrogen-bond acceptors (Lipinski definition) is 6. The van der Waals surface area contributed by atoms with Crippen LogP contribution in [0.2, 0.25) is 0 Å². The van der Waals surface area contributed by atoms with Gasteiger partial charge in [-0.25, -0.2) is 0 Å². The Morgan fingerprint density at radius 3 is 2.74 bits per heavy atom. The Kier molecular flexibility index (Phi) is 9.07. The molecule has 0 radical (unpaired) electrons. The smallest absolute Gasteiger partial charge is 0.302 e. The molecule has 1 aliphatic heterocycles. The van der Waals surface area contributed by atoms with Crippen LogP contribution in [0.25, 0.3) is 10.4 Å². The molecule has 8 heteroatoms. The molecule has 0 amide bonds. The second-order valence-corrected chi connectivity index (χ2v) is 6.40. The number of unbranched alkanes of at least 4 members (excludes halogenated alkanes) is 1. The molecule has 0 N–H and O–H groups in total. The molecule has 1 heterocycles. The highest BCUT2D eigenvalue weighted by Crippen LogP contribution is 2.25. The second-order valence-electron chi connectivity index (χ2n) is 6.40. The lowest BCUT2D eigenvalue weighted by molar-refractivity contribution is -0.201. The Balaban J connectivity index is 2.15. The third kappa shape index (κ3) is 6.84.